The van der Waals surface area contributed by atoms with Crippen LogP contribution < -0.4 is 10.2 Å². The minimum atomic E-state index is -0.734. The summed E-state index contributed by atoms with van der Waals surface area (Å²) in [5.41, 5.74) is -0.0296. The van der Waals surface area contributed by atoms with Crippen LogP contribution >= 0.6 is 0 Å². The van der Waals surface area contributed by atoms with Crippen molar-refractivity contribution in [2.24, 2.45) is 0 Å². The number of phenolic OH excluding ortho intramolecular Hbond substituents is 3. The molecule has 22 heavy (non-hydrogen) atoms. The number of benzene rings is 2. The van der Waals surface area contributed by atoms with Crippen molar-refractivity contribution in [3.05, 3.63) is 46.6 Å². The van der Waals surface area contributed by atoms with E-state index < -0.39 is 22.7 Å². The molecule has 6 heteroatoms. The predicted octanol–water partition coefficient (Wildman–Crippen LogP) is 2.59. The monoisotopic (exact) mass is 300 g/mol. The third-order valence-corrected chi connectivity index (χ3v) is 3.32. The molecule has 2 aromatic carbocycles. The van der Waals surface area contributed by atoms with Gasteiger partial charge in [0.05, 0.1) is 12.5 Å². The molecule has 6 nitrogen and oxygen atoms in total. The van der Waals surface area contributed by atoms with Gasteiger partial charge in [0.25, 0.3) is 0 Å². The molecule has 0 aliphatic carbocycles. The molecule has 0 fully saturated rings. The summed E-state index contributed by atoms with van der Waals surface area (Å²) in [5, 5.41) is 28.8. The van der Waals surface area contributed by atoms with Crippen LogP contribution in [-0.2, 0) is 0 Å². The van der Waals surface area contributed by atoms with Gasteiger partial charge in [-0.1, -0.05) is 0 Å². The number of hydrogen-bond donors (Lipinski definition) is 3. The zero-order valence-electron chi connectivity index (χ0n) is 11.5. The first-order valence-electron chi connectivity index (χ1n) is 6.37. The highest BCUT2D eigenvalue weighted by Gasteiger charge is 2.17. The van der Waals surface area contributed by atoms with Gasteiger partial charge in [0.15, 0.2) is 16.8 Å². The second-order valence-corrected chi connectivity index (χ2v) is 4.67. The number of phenols is 3. The fourth-order valence-electron chi connectivity index (χ4n) is 2.15. The first-order chi connectivity index (χ1) is 10.5. The highest BCUT2D eigenvalue weighted by Crippen LogP contribution is 2.41. The van der Waals surface area contributed by atoms with Crippen LogP contribution in [0.15, 0.2) is 45.6 Å². The maximum atomic E-state index is 12.1. The second-order valence-electron chi connectivity index (χ2n) is 4.67. The molecule has 3 rings (SSSR count). The number of aromatic hydroxyl groups is 3. The number of fused-ring (bicyclic) bond motifs is 1. The fourth-order valence-corrected chi connectivity index (χ4v) is 2.15. The maximum absolute atomic E-state index is 12.1. The molecule has 0 amide bonds. The van der Waals surface area contributed by atoms with E-state index >= 15 is 0 Å². The average molecular weight is 300 g/mol. The van der Waals surface area contributed by atoms with Crippen LogP contribution in [0.2, 0.25) is 0 Å². The smallest absolute Gasteiger partial charge is 0.205 e. The molecule has 3 N–H and O–H groups in total. The Morgan fingerprint density at radius 1 is 1.00 bits per heavy atom. The van der Waals surface area contributed by atoms with Crippen molar-refractivity contribution in [3.63, 3.8) is 0 Å². The van der Waals surface area contributed by atoms with E-state index in [2.05, 4.69) is 0 Å². The molecule has 0 atom stereocenters. The molecule has 0 unspecified atom stereocenters. The van der Waals surface area contributed by atoms with Crippen molar-refractivity contribution < 1.29 is 24.5 Å². The summed E-state index contributed by atoms with van der Waals surface area (Å²) in [6, 6.07) is 9.09. The average Bonchev–Trinajstić information content (AvgIpc) is 2.54. The van der Waals surface area contributed by atoms with Gasteiger partial charge in [-0.05, 0) is 30.3 Å². The Hall–Kier alpha value is -3.15. The minimum Gasteiger partial charge on any atom is -0.504 e. The lowest BCUT2D eigenvalue weighted by Gasteiger charge is -2.07. The van der Waals surface area contributed by atoms with E-state index in [9.17, 15) is 20.1 Å². The van der Waals surface area contributed by atoms with Gasteiger partial charge in [-0.2, -0.15) is 0 Å². The lowest BCUT2D eigenvalue weighted by Crippen LogP contribution is -2.00. The number of hydrogen-bond acceptors (Lipinski definition) is 6. The van der Waals surface area contributed by atoms with E-state index in [1.54, 1.807) is 31.4 Å². The standard InChI is InChI=1S/C16H12O6/c1-21-9-4-2-8(3-5-9)13-7-11(17)10-6-12(18)14(19)15(20)16(10)22-13/h2-7,18-20H,1H3. The highest BCUT2D eigenvalue weighted by molar-refractivity contribution is 5.88. The van der Waals surface area contributed by atoms with E-state index in [0.717, 1.165) is 6.07 Å². The molecular formula is C16H12O6. The molecule has 0 bridgehead atoms. The first-order valence-corrected chi connectivity index (χ1v) is 6.37. The Labute approximate surface area is 124 Å². The summed E-state index contributed by atoms with van der Waals surface area (Å²) >= 11 is 0. The van der Waals surface area contributed by atoms with Crippen LogP contribution in [0.25, 0.3) is 22.3 Å². The third-order valence-electron chi connectivity index (χ3n) is 3.32. The van der Waals surface area contributed by atoms with E-state index in [1.807, 2.05) is 0 Å². The summed E-state index contributed by atoms with van der Waals surface area (Å²) in [6.45, 7) is 0. The van der Waals surface area contributed by atoms with Crippen molar-refractivity contribution in [3.8, 4) is 34.3 Å². The van der Waals surface area contributed by atoms with Crippen LogP contribution in [-0.4, -0.2) is 22.4 Å². The number of rotatable bonds is 2. The number of ether oxygens (including phenoxy) is 1. The molecule has 1 aromatic heterocycles. The molecule has 3 aromatic rings. The van der Waals surface area contributed by atoms with Gasteiger partial charge >= 0.3 is 0 Å². The van der Waals surface area contributed by atoms with Crippen molar-refractivity contribution in [1.29, 1.82) is 0 Å². The maximum Gasteiger partial charge on any atom is 0.205 e. The molecule has 0 radical (unpaired) electrons. The SMILES string of the molecule is COc1ccc(-c2cc(=O)c3cc(O)c(O)c(O)c3o2)cc1. The number of methoxy groups -OCH3 is 1. The van der Waals surface area contributed by atoms with Gasteiger partial charge in [-0.3, -0.25) is 4.79 Å². The van der Waals surface area contributed by atoms with Crippen LogP contribution in [0.1, 0.15) is 0 Å². The van der Waals surface area contributed by atoms with Gasteiger partial charge in [0, 0.05) is 11.6 Å². The van der Waals surface area contributed by atoms with E-state index in [0.29, 0.717) is 11.3 Å². The topological polar surface area (TPSA) is 100 Å². The Bertz CT molecular complexity index is 909. The molecule has 0 spiro atoms. The summed E-state index contributed by atoms with van der Waals surface area (Å²) in [5.74, 6) is -1.13. The van der Waals surface area contributed by atoms with Crippen LogP contribution in [0.3, 0.4) is 0 Å². The van der Waals surface area contributed by atoms with Crippen LogP contribution in [0, 0.1) is 0 Å². The normalized spacial score (nSPS) is 10.8. The van der Waals surface area contributed by atoms with Gasteiger partial charge < -0.3 is 24.5 Å². The Kier molecular flexibility index (Phi) is 3.14. The Morgan fingerprint density at radius 2 is 1.68 bits per heavy atom. The minimum absolute atomic E-state index is 0.0231. The van der Waals surface area contributed by atoms with Gasteiger partial charge in [0.2, 0.25) is 11.5 Å². The summed E-state index contributed by atoms with van der Waals surface area (Å²) in [7, 11) is 1.54. The predicted molar refractivity (Wildman–Crippen MR) is 79.5 cm³/mol. The summed E-state index contributed by atoms with van der Waals surface area (Å²) in [6.07, 6.45) is 0. The van der Waals surface area contributed by atoms with E-state index in [1.165, 1.54) is 6.07 Å². The molecule has 0 aliphatic rings. The fraction of sp³-hybridized carbons (Fsp3) is 0.0625. The molecule has 1 heterocycles. The van der Waals surface area contributed by atoms with Gasteiger partial charge in [-0.15, -0.1) is 0 Å². The lowest BCUT2D eigenvalue weighted by molar-refractivity contribution is 0.366. The molecule has 0 aliphatic heterocycles. The summed E-state index contributed by atoms with van der Waals surface area (Å²) in [4.78, 5) is 12.1. The van der Waals surface area contributed by atoms with Crippen molar-refractivity contribution in [2.75, 3.05) is 7.11 Å². The van der Waals surface area contributed by atoms with Crippen LogP contribution in [0.5, 0.6) is 23.0 Å². The molecule has 112 valence electrons. The zero-order chi connectivity index (χ0) is 15.9. The molecular weight excluding hydrogens is 288 g/mol. The Balaban J connectivity index is 2.25. The zero-order valence-corrected chi connectivity index (χ0v) is 11.5. The summed E-state index contributed by atoms with van der Waals surface area (Å²) < 4.78 is 10.6. The van der Waals surface area contributed by atoms with Gasteiger partial charge in [0.1, 0.15) is 11.5 Å². The lowest BCUT2D eigenvalue weighted by atomic mass is 10.1. The van der Waals surface area contributed by atoms with Crippen LogP contribution in [0.4, 0.5) is 0 Å². The quantitative estimate of drug-likeness (QED) is 0.629. The van der Waals surface area contributed by atoms with Crippen molar-refractivity contribution in [2.45, 2.75) is 0 Å². The van der Waals surface area contributed by atoms with Crippen molar-refractivity contribution in [1.82, 2.24) is 0 Å². The molecule has 0 saturated carbocycles. The third kappa shape index (κ3) is 2.10. The Morgan fingerprint density at radius 3 is 2.32 bits per heavy atom. The second kappa shape index (κ2) is 5.00. The molecule has 0 saturated heterocycles. The van der Waals surface area contributed by atoms with E-state index in [-0.39, 0.29) is 16.7 Å². The highest BCUT2D eigenvalue weighted by atomic mass is 16.5. The largest absolute Gasteiger partial charge is 0.504 e. The van der Waals surface area contributed by atoms with E-state index in [4.69, 9.17) is 9.15 Å². The van der Waals surface area contributed by atoms with Gasteiger partial charge in [-0.25, -0.2) is 0 Å². The first kappa shape index (κ1) is 13.8. The van der Waals surface area contributed by atoms with Crippen molar-refractivity contribution >= 4 is 11.0 Å².